The first-order valence-corrected chi connectivity index (χ1v) is 7.08. The summed E-state index contributed by atoms with van der Waals surface area (Å²) in [6.45, 7) is 3.67. The van der Waals surface area contributed by atoms with Crippen LogP contribution in [0.25, 0.3) is 10.9 Å². The van der Waals surface area contributed by atoms with E-state index in [-0.39, 0.29) is 18.2 Å². The fourth-order valence-electron chi connectivity index (χ4n) is 2.34. The Kier molecular flexibility index (Phi) is 4.62. The Morgan fingerprint density at radius 2 is 2.05 bits per heavy atom. The second-order valence-corrected chi connectivity index (χ2v) is 5.29. The van der Waals surface area contributed by atoms with Crippen molar-refractivity contribution in [1.29, 1.82) is 0 Å². The van der Waals surface area contributed by atoms with Gasteiger partial charge in [0.05, 0.1) is 18.4 Å². The Morgan fingerprint density at radius 3 is 2.71 bits per heavy atom. The van der Waals surface area contributed by atoms with Gasteiger partial charge in [0.2, 0.25) is 5.91 Å². The summed E-state index contributed by atoms with van der Waals surface area (Å²) in [6, 6.07) is 6.73. The van der Waals surface area contributed by atoms with Gasteiger partial charge in [0.1, 0.15) is 0 Å². The fraction of sp³-hybridized carbons (Fsp3) is 0.375. The van der Waals surface area contributed by atoms with Crippen LogP contribution in [0, 0.1) is 5.92 Å². The molecule has 0 aliphatic rings. The molecule has 2 aromatic rings. The Morgan fingerprint density at radius 1 is 1.33 bits per heavy atom. The number of rotatable bonds is 6. The van der Waals surface area contributed by atoms with Gasteiger partial charge in [-0.2, -0.15) is 0 Å². The molecule has 21 heavy (non-hydrogen) atoms. The van der Waals surface area contributed by atoms with E-state index < -0.39 is 12.0 Å². The van der Waals surface area contributed by atoms with E-state index in [0.29, 0.717) is 6.42 Å². The second kappa shape index (κ2) is 6.43. The Hall–Kier alpha value is -2.30. The number of carbonyl (C=O) groups is 2. The predicted molar refractivity (Wildman–Crippen MR) is 78.4 cm³/mol. The van der Waals surface area contributed by atoms with Gasteiger partial charge in [0.25, 0.3) is 0 Å². The number of hydrogen-bond acceptors (Lipinski definition) is 3. The fourth-order valence-corrected chi connectivity index (χ4v) is 2.34. The molecule has 0 aliphatic heterocycles. The summed E-state index contributed by atoms with van der Waals surface area (Å²) >= 11 is 0. The lowest BCUT2D eigenvalue weighted by molar-refractivity contribution is -0.309. The average Bonchev–Trinajstić information content (AvgIpc) is 2.87. The predicted octanol–water partition coefficient (Wildman–Crippen LogP) is 0.991. The van der Waals surface area contributed by atoms with Gasteiger partial charge >= 0.3 is 0 Å². The summed E-state index contributed by atoms with van der Waals surface area (Å²) in [4.78, 5) is 26.3. The molecule has 2 unspecified atom stereocenters. The average molecular weight is 287 g/mol. The zero-order valence-electron chi connectivity index (χ0n) is 12.2. The molecule has 112 valence electrons. The Bertz CT molecular complexity index is 648. The van der Waals surface area contributed by atoms with Crippen molar-refractivity contribution in [2.75, 3.05) is 0 Å². The number of H-pyrrole nitrogens is 1. The maximum absolute atomic E-state index is 12.1. The molecule has 1 aromatic heterocycles. The molecular weight excluding hydrogens is 268 g/mol. The monoisotopic (exact) mass is 287 g/mol. The summed E-state index contributed by atoms with van der Waals surface area (Å²) in [5.74, 6) is -1.72. The molecule has 2 rings (SSSR count). The van der Waals surface area contributed by atoms with E-state index in [1.165, 1.54) is 0 Å². The number of fused-ring (bicyclic) bond motifs is 1. The summed E-state index contributed by atoms with van der Waals surface area (Å²) in [6.07, 6.45) is 2.58. The maximum Gasteiger partial charge on any atom is 0.225 e. The molecule has 0 aliphatic carbocycles. The van der Waals surface area contributed by atoms with Crippen molar-refractivity contribution in [3.8, 4) is 0 Å². The van der Waals surface area contributed by atoms with Gasteiger partial charge in [-0.05, 0) is 17.5 Å². The van der Waals surface area contributed by atoms with E-state index in [1.54, 1.807) is 13.1 Å². The number of carbonyl (C=O) groups excluding carboxylic acids is 2. The normalized spacial score (nSPS) is 13.8. The van der Waals surface area contributed by atoms with Gasteiger partial charge in [0, 0.05) is 17.1 Å². The number of aromatic nitrogens is 1. The third-order valence-corrected chi connectivity index (χ3v) is 3.81. The summed E-state index contributed by atoms with van der Waals surface area (Å²) in [5, 5.41) is 14.6. The van der Waals surface area contributed by atoms with Crippen molar-refractivity contribution in [2.45, 2.75) is 32.7 Å². The number of aliphatic carboxylic acids is 1. The van der Waals surface area contributed by atoms with Crippen molar-refractivity contribution in [2.24, 2.45) is 5.92 Å². The largest absolute Gasteiger partial charge is 0.548 e. The zero-order valence-corrected chi connectivity index (χ0v) is 12.2. The smallest absolute Gasteiger partial charge is 0.225 e. The molecule has 5 heteroatoms. The summed E-state index contributed by atoms with van der Waals surface area (Å²) in [7, 11) is 0. The molecule has 0 radical (unpaired) electrons. The molecule has 1 heterocycles. The summed E-state index contributed by atoms with van der Waals surface area (Å²) < 4.78 is 0. The van der Waals surface area contributed by atoms with Crippen LogP contribution in [-0.2, 0) is 16.0 Å². The molecule has 2 atom stereocenters. The van der Waals surface area contributed by atoms with Crippen LogP contribution in [0.3, 0.4) is 0 Å². The Labute approximate surface area is 123 Å². The standard InChI is InChI=1S/C16H20N2O3/c1-3-10(2)15(16(20)21)18-14(19)8-11-9-17-13-7-5-4-6-12(11)13/h4-7,9-10,15,17H,3,8H2,1-2H3,(H,18,19)(H,20,21)/p-1. The van der Waals surface area contributed by atoms with Crippen LogP contribution in [0.4, 0.5) is 0 Å². The van der Waals surface area contributed by atoms with Crippen molar-refractivity contribution < 1.29 is 14.7 Å². The van der Waals surface area contributed by atoms with Gasteiger partial charge in [-0.15, -0.1) is 0 Å². The van der Waals surface area contributed by atoms with Crippen LogP contribution in [0.15, 0.2) is 30.5 Å². The van der Waals surface area contributed by atoms with E-state index >= 15 is 0 Å². The van der Waals surface area contributed by atoms with E-state index in [9.17, 15) is 14.7 Å². The number of carboxylic acid groups (broad SMARTS) is 1. The van der Waals surface area contributed by atoms with E-state index in [4.69, 9.17) is 0 Å². The molecule has 0 fully saturated rings. The molecular formula is C16H19N2O3-. The van der Waals surface area contributed by atoms with Crippen molar-refractivity contribution in [3.63, 3.8) is 0 Å². The number of carboxylic acids is 1. The number of para-hydroxylation sites is 1. The van der Waals surface area contributed by atoms with Crippen LogP contribution in [0.2, 0.25) is 0 Å². The second-order valence-electron chi connectivity index (χ2n) is 5.29. The first-order valence-electron chi connectivity index (χ1n) is 7.08. The van der Waals surface area contributed by atoms with Gasteiger partial charge in [-0.1, -0.05) is 38.5 Å². The van der Waals surface area contributed by atoms with Crippen LogP contribution in [-0.4, -0.2) is 22.9 Å². The quantitative estimate of drug-likeness (QED) is 0.831. The van der Waals surface area contributed by atoms with Gasteiger partial charge in [0.15, 0.2) is 0 Å². The van der Waals surface area contributed by atoms with Crippen LogP contribution < -0.4 is 10.4 Å². The Balaban J connectivity index is 2.09. The third kappa shape index (κ3) is 3.42. The molecule has 1 aromatic carbocycles. The lowest BCUT2D eigenvalue weighted by Gasteiger charge is -2.25. The molecule has 0 saturated heterocycles. The first-order chi connectivity index (χ1) is 10.0. The van der Waals surface area contributed by atoms with Crippen LogP contribution >= 0.6 is 0 Å². The lowest BCUT2D eigenvalue weighted by atomic mass is 9.99. The van der Waals surface area contributed by atoms with Crippen LogP contribution in [0.1, 0.15) is 25.8 Å². The zero-order chi connectivity index (χ0) is 15.4. The van der Waals surface area contributed by atoms with E-state index in [2.05, 4.69) is 10.3 Å². The highest BCUT2D eigenvalue weighted by Crippen LogP contribution is 2.18. The highest BCUT2D eigenvalue weighted by Gasteiger charge is 2.20. The number of amides is 1. The topological polar surface area (TPSA) is 85.0 Å². The number of benzene rings is 1. The van der Waals surface area contributed by atoms with Gasteiger partial charge < -0.3 is 20.2 Å². The van der Waals surface area contributed by atoms with Crippen LogP contribution in [0.5, 0.6) is 0 Å². The molecule has 0 spiro atoms. The number of hydrogen-bond donors (Lipinski definition) is 2. The van der Waals surface area contributed by atoms with E-state index in [0.717, 1.165) is 16.5 Å². The minimum absolute atomic E-state index is 0.143. The molecule has 0 saturated carbocycles. The number of aromatic amines is 1. The minimum atomic E-state index is -1.24. The summed E-state index contributed by atoms with van der Waals surface area (Å²) in [5.41, 5.74) is 1.81. The highest BCUT2D eigenvalue weighted by atomic mass is 16.4. The first kappa shape index (κ1) is 15.1. The van der Waals surface area contributed by atoms with Crippen molar-refractivity contribution in [1.82, 2.24) is 10.3 Å². The van der Waals surface area contributed by atoms with Crippen molar-refractivity contribution >= 4 is 22.8 Å². The minimum Gasteiger partial charge on any atom is -0.548 e. The van der Waals surface area contributed by atoms with Crippen molar-refractivity contribution in [3.05, 3.63) is 36.0 Å². The SMILES string of the molecule is CCC(C)C(NC(=O)Cc1c[nH]c2ccccc12)C(=O)[O-]. The van der Waals surface area contributed by atoms with Gasteiger partial charge in [-0.25, -0.2) is 0 Å². The van der Waals surface area contributed by atoms with E-state index in [1.807, 2.05) is 31.2 Å². The highest BCUT2D eigenvalue weighted by molar-refractivity contribution is 5.90. The maximum atomic E-state index is 12.1. The lowest BCUT2D eigenvalue weighted by Crippen LogP contribution is -2.51. The molecule has 2 N–H and O–H groups in total. The van der Waals surface area contributed by atoms with Gasteiger partial charge in [-0.3, -0.25) is 4.79 Å². The molecule has 0 bridgehead atoms. The number of nitrogens with one attached hydrogen (secondary N) is 2. The third-order valence-electron chi connectivity index (χ3n) is 3.81. The molecule has 5 nitrogen and oxygen atoms in total. The molecule has 1 amide bonds.